The molecule has 1 unspecified atom stereocenters. The van der Waals surface area contributed by atoms with Gasteiger partial charge >= 0.3 is 0 Å². The van der Waals surface area contributed by atoms with E-state index < -0.39 is 0 Å². The first-order valence-electron chi connectivity index (χ1n) is 5.92. The average Bonchev–Trinajstić information content (AvgIpc) is 2.84. The van der Waals surface area contributed by atoms with Crippen LogP contribution in [0.2, 0.25) is 0 Å². The molecule has 17 heavy (non-hydrogen) atoms. The molecular formula is C13H17N3O. The number of aromatic nitrogens is 2. The number of rotatable bonds is 5. The quantitative estimate of drug-likeness (QED) is 0.857. The van der Waals surface area contributed by atoms with Crippen LogP contribution < -0.4 is 5.32 Å². The highest BCUT2D eigenvalue weighted by atomic mass is 16.4. The van der Waals surface area contributed by atoms with Gasteiger partial charge in [0.2, 0.25) is 12.3 Å². The second-order valence-electron chi connectivity index (χ2n) is 4.16. The fourth-order valence-corrected chi connectivity index (χ4v) is 1.80. The Balaban J connectivity index is 2.03. The van der Waals surface area contributed by atoms with Crippen molar-refractivity contribution in [2.75, 3.05) is 5.32 Å². The molecule has 0 radical (unpaired) electrons. The predicted molar refractivity (Wildman–Crippen MR) is 67.7 cm³/mol. The Morgan fingerprint density at radius 1 is 1.29 bits per heavy atom. The van der Waals surface area contributed by atoms with Crippen molar-refractivity contribution >= 4 is 5.69 Å². The van der Waals surface area contributed by atoms with Crippen LogP contribution in [-0.2, 0) is 0 Å². The smallest absolute Gasteiger partial charge is 0.247 e. The molecule has 1 heterocycles. The van der Waals surface area contributed by atoms with Crippen LogP contribution in [0.3, 0.4) is 0 Å². The van der Waals surface area contributed by atoms with E-state index in [1.165, 1.54) is 19.2 Å². The molecule has 1 N–H and O–H groups in total. The van der Waals surface area contributed by atoms with E-state index in [4.69, 9.17) is 4.42 Å². The lowest BCUT2D eigenvalue weighted by Gasteiger charge is -2.14. The average molecular weight is 231 g/mol. The molecule has 1 aromatic heterocycles. The molecule has 0 aliphatic carbocycles. The van der Waals surface area contributed by atoms with Crippen LogP contribution in [-0.4, -0.2) is 16.2 Å². The molecule has 1 aromatic carbocycles. The van der Waals surface area contributed by atoms with E-state index >= 15 is 0 Å². The summed E-state index contributed by atoms with van der Waals surface area (Å²) in [6, 6.07) is 8.52. The molecule has 0 saturated carbocycles. The fraction of sp³-hybridized carbons (Fsp3) is 0.385. The van der Waals surface area contributed by atoms with Gasteiger partial charge in [0, 0.05) is 17.3 Å². The maximum absolute atomic E-state index is 5.14. The molecule has 4 heteroatoms. The van der Waals surface area contributed by atoms with Crippen molar-refractivity contribution in [3.05, 3.63) is 30.7 Å². The molecular weight excluding hydrogens is 214 g/mol. The van der Waals surface area contributed by atoms with Gasteiger partial charge in [-0.15, -0.1) is 10.2 Å². The Labute approximate surface area is 101 Å². The summed E-state index contributed by atoms with van der Waals surface area (Å²) in [7, 11) is 0. The third-order valence-corrected chi connectivity index (χ3v) is 2.63. The van der Waals surface area contributed by atoms with Crippen LogP contribution in [0.5, 0.6) is 0 Å². The summed E-state index contributed by atoms with van der Waals surface area (Å²) < 4.78 is 5.14. The topological polar surface area (TPSA) is 51.0 Å². The molecule has 0 fully saturated rings. The van der Waals surface area contributed by atoms with Gasteiger partial charge in [-0.05, 0) is 37.6 Å². The summed E-state index contributed by atoms with van der Waals surface area (Å²) >= 11 is 0. The van der Waals surface area contributed by atoms with Gasteiger partial charge in [-0.2, -0.15) is 0 Å². The van der Waals surface area contributed by atoms with E-state index in [-0.39, 0.29) is 0 Å². The summed E-state index contributed by atoms with van der Waals surface area (Å²) in [6.07, 6.45) is 3.70. The Morgan fingerprint density at radius 3 is 2.65 bits per heavy atom. The summed E-state index contributed by atoms with van der Waals surface area (Å²) in [5.74, 6) is 0.554. The highest BCUT2D eigenvalue weighted by Crippen LogP contribution is 2.19. The zero-order chi connectivity index (χ0) is 12.1. The largest absolute Gasteiger partial charge is 0.423 e. The zero-order valence-electron chi connectivity index (χ0n) is 10.2. The number of nitrogens with one attached hydrogen (secondary N) is 1. The van der Waals surface area contributed by atoms with Crippen molar-refractivity contribution in [2.24, 2.45) is 0 Å². The van der Waals surface area contributed by atoms with Crippen molar-refractivity contribution < 1.29 is 4.42 Å². The van der Waals surface area contributed by atoms with Gasteiger partial charge in [-0.1, -0.05) is 13.3 Å². The van der Waals surface area contributed by atoms with Crippen LogP contribution in [0.1, 0.15) is 26.7 Å². The van der Waals surface area contributed by atoms with Gasteiger partial charge in [-0.25, -0.2) is 0 Å². The van der Waals surface area contributed by atoms with Gasteiger partial charge in [0.05, 0.1) is 0 Å². The molecule has 0 aliphatic heterocycles. The Bertz CT molecular complexity index is 436. The van der Waals surface area contributed by atoms with Crippen LogP contribution in [0.15, 0.2) is 35.1 Å². The lowest BCUT2D eigenvalue weighted by Crippen LogP contribution is -2.14. The van der Waals surface area contributed by atoms with Gasteiger partial charge < -0.3 is 9.73 Å². The second kappa shape index (κ2) is 5.48. The summed E-state index contributed by atoms with van der Waals surface area (Å²) in [4.78, 5) is 0. The van der Waals surface area contributed by atoms with Gasteiger partial charge in [0.1, 0.15) is 0 Å². The number of benzene rings is 1. The van der Waals surface area contributed by atoms with Crippen molar-refractivity contribution in [1.82, 2.24) is 10.2 Å². The Morgan fingerprint density at radius 2 is 2.06 bits per heavy atom. The summed E-state index contributed by atoms with van der Waals surface area (Å²) in [6.45, 7) is 4.38. The van der Waals surface area contributed by atoms with Gasteiger partial charge in [0.15, 0.2) is 0 Å². The normalized spacial score (nSPS) is 12.4. The van der Waals surface area contributed by atoms with Crippen molar-refractivity contribution in [3.8, 4) is 11.5 Å². The molecule has 0 amide bonds. The Kier molecular flexibility index (Phi) is 3.75. The molecule has 0 bridgehead atoms. The maximum atomic E-state index is 5.14. The van der Waals surface area contributed by atoms with Crippen molar-refractivity contribution in [1.29, 1.82) is 0 Å². The third-order valence-electron chi connectivity index (χ3n) is 2.63. The number of hydrogen-bond acceptors (Lipinski definition) is 4. The van der Waals surface area contributed by atoms with Crippen LogP contribution in [0, 0.1) is 0 Å². The predicted octanol–water partition coefficient (Wildman–Crippen LogP) is 3.34. The van der Waals surface area contributed by atoms with Crippen LogP contribution in [0.25, 0.3) is 11.5 Å². The van der Waals surface area contributed by atoms with E-state index in [0.29, 0.717) is 11.9 Å². The van der Waals surface area contributed by atoms with E-state index in [1.807, 2.05) is 24.3 Å². The molecule has 2 rings (SSSR count). The monoisotopic (exact) mass is 231 g/mol. The maximum Gasteiger partial charge on any atom is 0.247 e. The van der Waals surface area contributed by atoms with Gasteiger partial charge in [0.25, 0.3) is 0 Å². The van der Waals surface area contributed by atoms with Crippen molar-refractivity contribution in [2.45, 2.75) is 32.7 Å². The third kappa shape index (κ3) is 3.06. The fourth-order valence-electron chi connectivity index (χ4n) is 1.80. The minimum atomic E-state index is 0.495. The molecule has 90 valence electrons. The number of anilines is 1. The van der Waals surface area contributed by atoms with E-state index in [9.17, 15) is 0 Å². The molecule has 0 aliphatic rings. The highest BCUT2D eigenvalue weighted by molar-refractivity contribution is 5.58. The van der Waals surface area contributed by atoms with E-state index in [0.717, 1.165) is 11.3 Å². The Hall–Kier alpha value is -1.84. The van der Waals surface area contributed by atoms with Crippen LogP contribution >= 0.6 is 0 Å². The van der Waals surface area contributed by atoms with Crippen LogP contribution in [0.4, 0.5) is 5.69 Å². The minimum absolute atomic E-state index is 0.495. The summed E-state index contributed by atoms with van der Waals surface area (Å²) in [5.41, 5.74) is 2.06. The SMILES string of the molecule is CCCC(C)Nc1ccc(-c2nnco2)cc1. The zero-order valence-corrected chi connectivity index (χ0v) is 10.2. The minimum Gasteiger partial charge on any atom is -0.423 e. The first-order valence-corrected chi connectivity index (χ1v) is 5.92. The molecule has 0 spiro atoms. The first-order chi connectivity index (χ1) is 8.29. The lowest BCUT2D eigenvalue weighted by atomic mass is 10.1. The van der Waals surface area contributed by atoms with Gasteiger partial charge in [-0.3, -0.25) is 0 Å². The molecule has 2 aromatic rings. The second-order valence-corrected chi connectivity index (χ2v) is 4.16. The molecule has 0 saturated heterocycles. The molecule has 1 atom stereocenters. The van der Waals surface area contributed by atoms with E-state index in [1.54, 1.807) is 0 Å². The highest BCUT2D eigenvalue weighted by Gasteiger charge is 2.04. The van der Waals surface area contributed by atoms with E-state index in [2.05, 4.69) is 29.4 Å². The van der Waals surface area contributed by atoms with Crippen molar-refractivity contribution in [3.63, 3.8) is 0 Å². The lowest BCUT2D eigenvalue weighted by molar-refractivity contribution is 0.568. The number of hydrogen-bond donors (Lipinski definition) is 1. The number of nitrogens with zero attached hydrogens (tertiary/aromatic N) is 2. The first kappa shape index (κ1) is 11.6. The summed E-state index contributed by atoms with van der Waals surface area (Å²) in [5, 5.41) is 11.0. The standard InChI is InChI=1S/C13H17N3O/c1-3-4-10(2)15-12-7-5-11(6-8-12)13-16-14-9-17-13/h5-10,15H,3-4H2,1-2H3. The molecule has 4 nitrogen and oxygen atoms in total.